The Labute approximate surface area is 125 Å². The molecule has 1 aromatic rings. The fourth-order valence-electron chi connectivity index (χ4n) is 2.31. The fraction of sp³-hybridized carbons (Fsp3) is 0.357. The fourth-order valence-corrected chi connectivity index (χ4v) is 3.25. The van der Waals surface area contributed by atoms with Gasteiger partial charge in [-0.2, -0.15) is 0 Å². The van der Waals surface area contributed by atoms with Crippen molar-refractivity contribution in [1.82, 2.24) is 4.58 Å². The highest BCUT2D eigenvalue weighted by Gasteiger charge is 2.39. The van der Waals surface area contributed by atoms with E-state index in [1.54, 1.807) is 30.5 Å². The summed E-state index contributed by atoms with van der Waals surface area (Å²) in [7, 11) is 0. The van der Waals surface area contributed by atoms with E-state index in [0.717, 1.165) is 17.4 Å². The molecule has 0 N–H and O–H groups in total. The van der Waals surface area contributed by atoms with Gasteiger partial charge in [0.05, 0.1) is 17.7 Å². The number of halogens is 1. The summed E-state index contributed by atoms with van der Waals surface area (Å²) < 4.78 is 12.9. The molecule has 1 aromatic carbocycles. The summed E-state index contributed by atoms with van der Waals surface area (Å²) in [6.07, 6.45) is 3.62. The van der Waals surface area contributed by atoms with Gasteiger partial charge in [0.25, 0.3) is 0 Å². The van der Waals surface area contributed by atoms with Crippen LogP contribution in [0, 0.1) is 5.92 Å². The predicted molar refractivity (Wildman–Crippen MR) is 76.5 cm³/mol. The molecular formula is C14H14ClNO3S. The van der Waals surface area contributed by atoms with E-state index < -0.39 is 11.2 Å². The van der Waals surface area contributed by atoms with Crippen molar-refractivity contribution in [3.8, 4) is 0 Å². The first-order valence-corrected chi connectivity index (χ1v) is 8.29. The third kappa shape index (κ3) is 2.59. The van der Waals surface area contributed by atoms with Crippen molar-refractivity contribution < 1.29 is 14.2 Å². The Morgan fingerprint density at radius 1 is 1.45 bits per heavy atom. The Bertz CT molecular complexity index is 584. The number of allylic oxidation sites excluding steroid dienone is 1. The lowest BCUT2D eigenvalue weighted by Crippen LogP contribution is -2.14. The Hall–Kier alpha value is -1.01. The van der Waals surface area contributed by atoms with Crippen LogP contribution in [0.2, 0.25) is 0 Å². The average molecular weight is 312 g/mol. The van der Waals surface area contributed by atoms with Crippen molar-refractivity contribution >= 4 is 28.7 Å². The van der Waals surface area contributed by atoms with Gasteiger partial charge in [0.1, 0.15) is 12.0 Å². The van der Waals surface area contributed by atoms with Gasteiger partial charge in [0, 0.05) is 17.7 Å². The highest BCUT2D eigenvalue weighted by Crippen LogP contribution is 2.42. The van der Waals surface area contributed by atoms with Crippen molar-refractivity contribution in [1.29, 1.82) is 0 Å². The largest absolute Gasteiger partial charge is 0.612 e. The predicted octanol–water partition coefficient (Wildman–Crippen LogP) is 2.67. The van der Waals surface area contributed by atoms with Gasteiger partial charge in [0.15, 0.2) is 10.7 Å². The van der Waals surface area contributed by atoms with Crippen LogP contribution in [0.4, 0.5) is 0 Å². The highest BCUT2D eigenvalue weighted by atomic mass is 35.5. The van der Waals surface area contributed by atoms with Gasteiger partial charge in [-0.1, -0.05) is 12.1 Å². The third-order valence-electron chi connectivity index (χ3n) is 3.44. The van der Waals surface area contributed by atoms with Crippen LogP contribution in [0.1, 0.15) is 23.2 Å². The number of carbonyl (C=O) groups excluding carboxylic acids is 1. The molecule has 2 aliphatic rings. The quantitative estimate of drug-likeness (QED) is 0.487. The number of rotatable bonds is 4. The number of carbonyl (C=O) groups is 1. The summed E-state index contributed by atoms with van der Waals surface area (Å²) in [4.78, 5) is 18.7. The maximum Gasteiger partial charge on any atom is 0.199 e. The van der Waals surface area contributed by atoms with Crippen LogP contribution in [0.3, 0.4) is 0 Å². The van der Waals surface area contributed by atoms with Gasteiger partial charge in [-0.25, -0.2) is 0 Å². The highest BCUT2D eigenvalue weighted by molar-refractivity contribution is 7.90. The number of hydroxylamine groups is 1. The number of hydrogen-bond donors (Lipinski definition) is 0. The standard InChI is InChI=1S/C14H14ClNO3S/c1-20(18)12-5-3-2-4-10(12)13(17)11-8-16(15)19-14(11)9-6-7-9/h2-5,9H,6-8H2,1H3. The maximum absolute atomic E-state index is 12.7. The normalized spacial score (nSPS) is 20.9. The molecule has 6 heteroatoms. The van der Waals surface area contributed by atoms with E-state index in [-0.39, 0.29) is 12.3 Å². The van der Waals surface area contributed by atoms with Crippen molar-refractivity contribution in [2.45, 2.75) is 17.7 Å². The van der Waals surface area contributed by atoms with Gasteiger partial charge in [-0.05, 0) is 40.7 Å². The van der Waals surface area contributed by atoms with Gasteiger partial charge in [0.2, 0.25) is 0 Å². The minimum Gasteiger partial charge on any atom is -0.612 e. The van der Waals surface area contributed by atoms with E-state index in [1.165, 1.54) is 0 Å². The molecule has 0 saturated heterocycles. The molecule has 1 aliphatic carbocycles. The van der Waals surface area contributed by atoms with Crippen LogP contribution in [-0.2, 0) is 16.0 Å². The molecule has 1 heterocycles. The number of Topliss-reactive ketones (excluding diaryl/α,β-unsaturated/α-hetero) is 1. The smallest absolute Gasteiger partial charge is 0.199 e. The Morgan fingerprint density at radius 2 is 2.15 bits per heavy atom. The van der Waals surface area contributed by atoms with E-state index in [0.29, 0.717) is 27.7 Å². The van der Waals surface area contributed by atoms with Crippen LogP contribution in [0.15, 0.2) is 40.5 Å². The van der Waals surface area contributed by atoms with E-state index in [1.807, 2.05) is 0 Å². The lowest BCUT2D eigenvalue weighted by Gasteiger charge is -2.09. The van der Waals surface area contributed by atoms with Crippen molar-refractivity contribution in [2.24, 2.45) is 5.92 Å². The van der Waals surface area contributed by atoms with Crippen LogP contribution in [0.25, 0.3) is 0 Å². The first-order valence-electron chi connectivity index (χ1n) is 6.39. The molecular weight excluding hydrogens is 298 g/mol. The molecule has 1 saturated carbocycles. The monoisotopic (exact) mass is 311 g/mol. The van der Waals surface area contributed by atoms with E-state index in [2.05, 4.69) is 0 Å². The summed E-state index contributed by atoms with van der Waals surface area (Å²) >= 11 is 4.66. The number of benzene rings is 1. The summed E-state index contributed by atoms with van der Waals surface area (Å²) in [5, 5.41) is 0. The number of hydrogen-bond acceptors (Lipinski definition) is 4. The van der Waals surface area contributed by atoms with E-state index >= 15 is 0 Å². The lowest BCUT2D eigenvalue weighted by molar-refractivity contribution is -0.00914. The number of nitrogens with zero attached hydrogens (tertiary/aromatic N) is 1. The second-order valence-corrected chi connectivity index (χ2v) is 6.69. The maximum atomic E-state index is 12.7. The molecule has 1 fully saturated rings. The molecule has 3 rings (SSSR count). The molecule has 1 atom stereocenters. The first kappa shape index (κ1) is 13.9. The van der Waals surface area contributed by atoms with Gasteiger partial charge in [-0.15, -0.1) is 0 Å². The summed E-state index contributed by atoms with van der Waals surface area (Å²) in [5.41, 5.74) is 1.05. The van der Waals surface area contributed by atoms with Gasteiger partial charge >= 0.3 is 0 Å². The zero-order valence-electron chi connectivity index (χ0n) is 11.0. The van der Waals surface area contributed by atoms with Crippen LogP contribution < -0.4 is 0 Å². The molecule has 0 aromatic heterocycles. The van der Waals surface area contributed by atoms with Crippen molar-refractivity contribution in [3.63, 3.8) is 0 Å². The number of ketones is 1. The molecule has 0 bridgehead atoms. The van der Waals surface area contributed by atoms with Crippen LogP contribution in [0.5, 0.6) is 0 Å². The lowest BCUT2D eigenvalue weighted by atomic mass is 10.0. The van der Waals surface area contributed by atoms with E-state index in [4.69, 9.17) is 16.6 Å². The Kier molecular flexibility index (Phi) is 3.77. The second kappa shape index (κ2) is 5.41. The first-order chi connectivity index (χ1) is 9.58. The van der Waals surface area contributed by atoms with Crippen molar-refractivity contribution in [2.75, 3.05) is 12.8 Å². The topological polar surface area (TPSA) is 52.6 Å². The van der Waals surface area contributed by atoms with Gasteiger partial charge < -0.3 is 9.39 Å². The average Bonchev–Trinajstić information content (AvgIpc) is 3.21. The minimum absolute atomic E-state index is 0.138. The molecule has 0 radical (unpaired) electrons. The molecule has 0 spiro atoms. The van der Waals surface area contributed by atoms with Gasteiger partial charge in [-0.3, -0.25) is 4.79 Å². The Morgan fingerprint density at radius 3 is 2.80 bits per heavy atom. The molecule has 106 valence electrons. The third-order valence-corrected chi connectivity index (χ3v) is 4.60. The van der Waals surface area contributed by atoms with E-state index in [9.17, 15) is 9.35 Å². The van der Waals surface area contributed by atoms with Crippen molar-refractivity contribution in [3.05, 3.63) is 41.2 Å². The molecule has 20 heavy (non-hydrogen) atoms. The second-order valence-electron chi connectivity index (χ2n) is 4.96. The SMILES string of the molecule is C[S+]([O-])c1ccccc1C(=O)C1=C(C2CC2)ON(Cl)C1. The van der Waals surface area contributed by atoms with Crippen LogP contribution >= 0.6 is 11.8 Å². The molecule has 1 aliphatic heterocycles. The summed E-state index contributed by atoms with van der Waals surface area (Å²) in [5.74, 6) is 0.847. The Balaban J connectivity index is 1.98. The summed E-state index contributed by atoms with van der Waals surface area (Å²) in [6, 6.07) is 6.97. The zero-order chi connectivity index (χ0) is 14.3. The summed E-state index contributed by atoms with van der Waals surface area (Å²) in [6.45, 7) is 0.261. The molecule has 0 amide bonds. The molecule has 1 unspecified atom stereocenters. The molecule has 4 nitrogen and oxygen atoms in total. The zero-order valence-corrected chi connectivity index (χ0v) is 12.5. The van der Waals surface area contributed by atoms with Crippen LogP contribution in [-0.4, -0.2) is 27.7 Å². The minimum atomic E-state index is -1.21.